The van der Waals surface area contributed by atoms with Gasteiger partial charge in [-0.1, -0.05) is 94.0 Å². The highest BCUT2D eigenvalue weighted by atomic mass is 19.4. The summed E-state index contributed by atoms with van der Waals surface area (Å²) in [4.78, 5) is 0. The molecule has 0 N–H and O–H groups in total. The fraction of sp³-hybridized carbons (Fsp3) is 0.268. The predicted octanol–water partition coefficient (Wildman–Crippen LogP) is 13.7. The van der Waals surface area contributed by atoms with Crippen LogP contribution >= 0.6 is 0 Å². The van der Waals surface area contributed by atoms with E-state index in [-0.39, 0.29) is 17.2 Å². The zero-order valence-corrected chi connectivity index (χ0v) is 28.4. The maximum absolute atomic E-state index is 15.3. The third-order valence-corrected chi connectivity index (χ3v) is 8.62. The van der Waals surface area contributed by atoms with E-state index >= 15 is 8.78 Å². The van der Waals surface area contributed by atoms with Crippen molar-refractivity contribution in [2.75, 3.05) is 0 Å². The molecule has 5 aromatic carbocycles. The topological polar surface area (TPSA) is 18.5 Å². The monoisotopic (exact) mass is 748 g/mol. The van der Waals surface area contributed by atoms with E-state index in [1.54, 1.807) is 6.07 Å². The van der Waals surface area contributed by atoms with Crippen molar-refractivity contribution in [3.8, 4) is 44.9 Å². The van der Waals surface area contributed by atoms with Crippen LogP contribution in [0.25, 0.3) is 33.4 Å². The van der Waals surface area contributed by atoms with Gasteiger partial charge in [0.15, 0.2) is 11.6 Å². The smallest absolute Gasteiger partial charge is 0.429 e. The minimum Gasteiger partial charge on any atom is -0.429 e. The number of aryl methyl sites for hydroxylation is 1. The number of benzene rings is 5. The van der Waals surface area contributed by atoms with Crippen molar-refractivity contribution in [3.05, 3.63) is 131 Å². The number of hydrogen-bond donors (Lipinski definition) is 0. The van der Waals surface area contributed by atoms with Gasteiger partial charge < -0.3 is 9.47 Å². The van der Waals surface area contributed by atoms with E-state index in [2.05, 4.69) is 16.4 Å². The molecule has 0 radical (unpaired) electrons. The summed E-state index contributed by atoms with van der Waals surface area (Å²) < 4.78 is 149. The Morgan fingerprint density at radius 1 is 0.472 bits per heavy atom. The Morgan fingerprint density at radius 3 is 1.58 bits per heavy atom. The molecule has 5 aromatic rings. The molecule has 5 rings (SSSR count). The van der Waals surface area contributed by atoms with Gasteiger partial charge in [-0.05, 0) is 77.1 Å². The Morgan fingerprint density at radius 2 is 1.00 bits per heavy atom. The van der Waals surface area contributed by atoms with Crippen molar-refractivity contribution >= 4 is 0 Å². The van der Waals surface area contributed by atoms with Gasteiger partial charge in [0.25, 0.3) is 0 Å². The third-order valence-electron chi connectivity index (χ3n) is 8.62. The molecule has 0 spiro atoms. The van der Waals surface area contributed by atoms with E-state index in [4.69, 9.17) is 0 Å². The van der Waals surface area contributed by atoms with Crippen LogP contribution in [0.15, 0.2) is 91.0 Å². The molecule has 0 saturated carbocycles. The fourth-order valence-corrected chi connectivity index (χ4v) is 5.95. The van der Waals surface area contributed by atoms with E-state index in [0.717, 1.165) is 30.5 Å². The largest absolute Gasteiger partial charge is 0.573 e. The first-order valence-corrected chi connectivity index (χ1v) is 17.0. The molecule has 53 heavy (non-hydrogen) atoms. The Labute approximate surface area is 300 Å². The predicted molar refractivity (Wildman–Crippen MR) is 182 cm³/mol. The van der Waals surface area contributed by atoms with E-state index in [1.807, 2.05) is 24.3 Å². The molecule has 0 aliphatic carbocycles. The zero-order valence-electron chi connectivity index (χ0n) is 28.4. The Kier molecular flexibility index (Phi) is 12.4. The molecule has 0 unspecified atom stereocenters. The standard InChI is InChI=1S/C41H34F10O2/c1-2-3-4-5-6-7-8-9-25-10-12-26(13-11-25)27-14-17-31(33(42)20-27)28-15-18-32(34(43)21-28)29-22-36(45)39(37(46)23-29)40(47,48)52-30-16-19-38(35(44)24-30)53-41(49,50)51/h10-24H,2-9H2,1H3. The molecule has 0 atom stereocenters. The number of unbranched alkanes of at least 4 members (excludes halogenated alkanes) is 6. The van der Waals surface area contributed by atoms with Crippen LogP contribution in [0.1, 0.15) is 63.0 Å². The molecule has 2 nitrogen and oxygen atoms in total. The maximum Gasteiger partial charge on any atom is 0.573 e. The van der Waals surface area contributed by atoms with E-state index in [0.29, 0.717) is 29.8 Å². The molecule has 0 amide bonds. The summed E-state index contributed by atoms with van der Waals surface area (Å²) in [6.07, 6.45) is -0.590. The van der Waals surface area contributed by atoms with Crippen molar-refractivity contribution in [2.45, 2.75) is 70.8 Å². The molecule has 280 valence electrons. The van der Waals surface area contributed by atoms with Gasteiger partial charge in [0.1, 0.15) is 34.6 Å². The number of ether oxygens (including phenoxy) is 2. The van der Waals surface area contributed by atoms with Crippen molar-refractivity contribution in [2.24, 2.45) is 0 Å². The number of hydrogen-bond acceptors (Lipinski definition) is 2. The second-order valence-corrected chi connectivity index (χ2v) is 12.5. The van der Waals surface area contributed by atoms with Gasteiger partial charge in [-0.3, -0.25) is 0 Å². The van der Waals surface area contributed by atoms with Gasteiger partial charge in [0.05, 0.1) is 0 Å². The summed E-state index contributed by atoms with van der Waals surface area (Å²) in [5.41, 5.74) is -0.0349. The SMILES string of the molecule is CCCCCCCCCc1ccc(-c2ccc(-c3ccc(-c4cc(F)c(C(F)(F)Oc5ccc(OC(F)(F)F)c(F)c5)c(F)c4)c(F)c3)c(F)c2)cc1. The van der Waals surface area contributed by atoms with Crippen LogP contribution in [0.2, 0.25) is 0 Å². The van der Waals surface area contributed by atoms with Gasteiger partial charge in [-0.15, -0.1) is 13.2 Å². The van der Waals surface area contributed by atoms with Crippen LogP contribution in [0.3, 0.4) is 0 Å². The number of halogens is 10. The van der Waals surface area contributed by atoms with Crippen LogP contribution in [0.4, 0.5) is 43.9 Å². The number of alkyl halides is 5. The molecule has 0 heterocycles. The zero-order chi connectivity index (χ0) is 38.3. The van der Waals surface area contributed by atoms with Crippen LogP contribution < -0.4 is 9.47 Å². The number of rotatable bonds is 15. The first-order chi connectivity index (χ1) is 25.1. The van der Waals surface area contributed by atoms with Crippen molar-refractivity contribution in [1.29, 1.82) is 0 Å². The van der Waals surface area contributed by atoms with Crippen molar-refractivity contribution in [1.82, 2.24) is 0 Å². The second kappa shape index (κ2) is 16.8. The molecule has 0 aliphatic rings. The van der Waals surface area contributed by atoms with Gasteiger partial charge in [0.2, 0.25) is 0 Å². The van der Waals surface area contributed by atoms with Crippen LogP contribution in [0.5, 0.6) is 11.5 Å². The van der Waals surface area contributed by atoms with E-state index in [1.165, 1.54) is 62.3 Å². The highest BCUT2D eigenvalue weighted by Crippen LogP contribution is 2.39. The normalized spacial score (nSPS) is 11.9. The lowest BCUT2D eigenvalue weighted by Crippen LogP contribution is -2.25. The van der Waals surface area contributed by atoms with Crippen molar-refractivity contribution in [3.63, 3.8) is 0 Å². The Balaban J connectivity index is 1.27. The summed E-state index contributed by atoms with van der Waals surface area (Å²) >= 11 is 0. The summed E-state index contributed by atoms with van der Waals surface area (Å²) in [7, 11) is 0. The van der Waals surface area contributed by atoms with Crippen LogP contribution in [0, 0.1) is 29.1 Å². The summed E-state index contributed by atoms with van der Waals surface area (Å²) in [5.74, 6) is -9.56. The van der Waals surface area contributed by atoms with Crippen LogP contribution in [-0.2, 0) is 12.5 Å². The molecular formula is C41H34F10O2. The Hall–Kier alpha value is -5.00. The molecule has 12 heteroatoms. The van der Waals surface area contributed by atoms with Gasteiger partial charge in [0, 0.05) is 17.2 Å². The van der Waals surface area contributed by atoms with E-state index < -0.39 is 69.7 Å². The average molecular weight is 749 g/mol. The molecular weight excluding hydrogens is 714 g/mol. The molecule has 0 fully saturated rings. The van der Waals surface area contributed by atoms with Gasteiger partial charge in [-0.25, -0.2) is 22.0 Å². The summed E-state index contributed by atoms with van der Waals surface area (Å²) in [6, 6.07) is 17.5. The summed E-state index contributed by atoms with van der Waals surface area (Å²) in [6.45, 7) is 2.19. The highest BCUT2D eigenvalue weighted by Gasteiger charge is 2.42. The second-order valence-electron chi connectivity index (χ2n) is 12.5. The lowest BCUT2D eigenvalue weighted by atomic mass is 9.96. The highest BCUT2D eigenvalue weighted by molar-refractivity contribution is 5.74. The quantitative estimate of drug-likeness (QED) is 0.0784. The first kappa shape index (κ1) is 39.2. The third kappa shape index (κ3) is 10.1. The maximum atomic E-state index is 15.3. The van der Waals surface area contributed by atoms with Crippen LogP contribution in [-0.4, -0.2) is 6.36 Å². The minimum absolute atomic E-state index is 0.0497. The summed E-state index contributed by atoms with van der Waals surface area (Å²) in [5, 5.41) is 0. The molecule has 0 aliphatic heterocycles. The Bertz CT molecular complexity index is 2000. The minimum atomic E-state index is -5.28. The first-order valence-electron chi connectivity index (χ1n) is 17.0. The molecule has 0 saturated heterocycles. The lowest BCUT2D eigenvalue weighted by molar-refractivity contribution is -0.275. The average Bonchev–Trinajstić information content (AvgIpc) is 3.08. The van der Waals surface area contributed by atoms with Crippen molar-refractivity contribution < 1.29 is 53.4 Å². The molecule has 0 bridgehead atoms. The van der Waals surface area contributed by atoms with Gasteiger partial charge >= 0.3 is 12.5 Å². The molecule has 0 aromatic heterocycles. The fourth-order valence-electron chi connectivity index (χ4n) is 5.95. The van der Waals surface area contributed by atoms with Gasteiger partial charge in [-0.2, -0.15) is 8.78 Å². The van der Waals surface area contributed by atoms with E-state index in [9.17, 15) is 35.1 Å². The lowest BCUT2D eigenvalue weighted by Gasteiger charge is -2.20.